The molecule has 0 fully saturated rings. The number of hydrogen-bond acceptors (Lipinski definition) is 3. The first-order valence-corrected chi connectivity index (χ1v) is 5.55. The fraction of sp³-hybridized carbons (Fsp3) is 0.556. The monoisotopic (exact) mass is 229 g/mol. The average Bonchev–Trinajstić information content (AvgIpc) is 2.32. The van der Waals surface area contributed by atoms with E-state index in [1.54, 1.807) is 11.8 Å². The Kier molecular flexibility index (Phi) is 3.55. The van der Waals surface area contributed by atoms with Crippen molar-refractivity contribution in [2.24, 2.45) is 7.05 Å². The summed E-state index contributed by atoms with van der Waals surface area (Å²) in [6.45, 7) is 4.06. The maximum Gasteiger partial charge on any atom is 0.140 e. The van der Waals surface area contributed by atoms with E-state index in [9.17, 15) is 0 Å². The van der Waals surface area contributed by atoms with E-state index in [2.05, 4.69) is 12.0 Å². The van der Waals surface area contributed by atoms with Gasteiger partial charge in [0.2, 0.25) is 0 Å². The van der Waals surface area contributed by atoms with Crippen molar-refractivity contribution < 1.29 is 0 Å². The molecule has 0 bridgehead atoms. The van der Waals surface area contributed by atoms with Gasteiger partial charge in [-0.1, -0.05) is 24.0 Å². The fourth-order valence-electron chi connectivity index (χ4n) is 1.08. The minimum Gasteiger partial charge on any atom is -0.363 e. The van der Waals surface area contributed by atoms with Gasteiger partial charge in [-0.2, -0.15) is 5.10 Å². The summed E-state index contributed by atoms with van der Waals surface area (Å²) in [6.07, 6.45) is 0. The van der Waals surface area contributed by atoms with Crippen molar-refractivity contribution in [3.63, 3.8) is 0 Å². The molecule has 0 aliphatic heterocycles. The molecule has 78 valence electrons. The number of rotatable bonds is 1. The van der Waals surface area contributed by atoms with Crippen molar-refractivity contribution in [2.75, 3.05) is 14.1 Å². The molecule has 0 amide bonds. The van der Waals surface area contributed by atoms with E-state index in [-0.39, 0.29) is 0 Å². The van der Waals surface area contributed by atoms with Crippen molar-refractivity contribution in [3.8, 4) is 0 Å². The highest BCUT2D eigenvalue weighted by atomic mass is 32.2. The Morgan fingerprint density at radius 2 is 2.00 bits per heavy atom. The number of hydrogen-bond donors (Lipinski definition) is 0. The Labute approximate surface area is 94.5 Å². The molecule has 0 aromatic carbocycles. The topological polar surface area (TPSA) is 21.1 Å². The van der Waals surface area contributed by atoms with Crippen LogP contribution in [-0.4, -0.2) is 33.1 Å². The SMILES string of the molecule is Cc1nn(C)c(C)c1SC(=S)N(C)C. The lowest BCUT2D eigenvalue weighted by Crippen LogP contribution is -2.15. The summed E-state index contributed by atoms with van der Waals surface area (Å²) in [7, 11) is 5.86. The molecule has 1 aromatic heterocycles. The molecule has 0 saturated carbocycles. The predicted molar refractivity (Wildman–Crippen MR) is 64.8 cm³/mol. The van der Waals surface area contributed by atoms with E-state index in [0.717, 1.165) is 15.7 Å². The van der Waals surface area contributed by atoms with E-state index in [1.807, 2.05) is 37.6 Å². The highest BCUT2D eigenvalue weighted by molar-refractivity contribution is 8.23. The Balaban J connectivity index is 2.92. The molecule has 0 saturated heterocycles. The third-order valence-corrected chi connectivity index (χ3v) is 3.95. The molecule has 5 heteroatoms. The fourth-order valence-corrected chi connectivity index (χ4v) is 2.16. The molecule has 0 aliphatic rings. The summed E-state index contributed by atoms with van der Waals surface area (Å²) in [6, 6.07) is 0. The van der Waals surface area contributed by atoms with Crippen LogP contribution in [0.25, 0.3) is 0 Å². The van der Waals surface area contributed by atoms with Gasteiger partial charge >= 0.3 is 0 Å². The molecular formula is C9H15N3S2. The van der Waals surface area contributed by atoms with Gasteiger partial charge in [0.05, 0.1) is 10.6 Å². The molecule has 1 aromatic rings. The molecule has 0 radical (unpaired) electrons. The lowest BCUT2D eigenvalue weighted by Gasteiger charge is -2.12. The molecule has 1 heterocycles. The van der Waals surface area contributed by atoms with Crippen LogP contribution in [0.5, 0.6) is 0 Å². The lowest BCUT2D eigenvalue weighted by molar-refractivity contribution is 0.648. The quantitative estimate of drug-likeness (QED) is 0.542. The standard InChI is InChI=1S/C9H15N3S2/c1-6-8(7(2)12(5)10-6)14-9(13)11(3)4/h1-5H3. The first-order valence-electron chi connectivity index (χ1n) is 4.32. The van der Waals surface area contributed by atoms with Crippen molar-refractivity contribution in [1.82, 2.24) is 14.7 Å². The third kappa shape index (κ3) is 2.27. The molecule has 0 aliphatic carbocycles. The van der Waals surface area contributed by atoms with Gasteiger partial charge in [-0.25, -0.2) is 0 Å². The number of nitrogens with zero attached hydrogens (tertiary/aromatic N) is 3. The predicted octanol–water partition coefficient (Wildman–Crippen LogP) is 1.98. The Morgan fingerprint density at radius 3 is 2.36 bits per heavy atom. The minimum atomic E-state index is 0.865. The molecule has 1 rings (SSSR count). The van der Waals surface area contributed by atoms with Crippen LogP contribution in [-0.2, 0) is 7.05 Å². The summed E-state index contributed by atoms with van der Waals surface area (Å²) < 4.78 is 2.75. The van der Waals surface area contributed by atoms with E-state index >= 15 is 0 Å². The maximum atomic E-state index is 5.24. The zero-order valence-electron chi connectivity index (χ0n) is 9.16. The van der Waals surface area contributed by atoms with Gasteiger partial charge in [0.1, 0.15) is 4.32 Å². The molecule has 0 unspecified atom stereocenters. The zero-order chi connectivity index (χ0) is 10.9. The van der Waals surface area contributed by atoms with Crippen LogP contribution in [0.3, 0.4) is 0 Å². The summed E-state index contributed by atoms with van der Waals surface area (Å²) >= 11 is 6.84. The highest BCUT2D eigenvalue weighted by Crippen LogP contribution is 2.27. The van der Waals surface area contributed by atoms with E-state index < -0.39 is 0 Å². The Bertz CT molecular complexity index is 355. The van der Waals surface area contributed by atoms with Crippen molar-refractivity contribution in [1.29, 1.82) is 0 Å². The van der Waals surface area contributed by atoms with Crippen LogP contribution in [0.15, 0.2) is 4.90 Å². The highest BCUT2D eigenvalue weighted by Gasteiger charge is 2.12. The zero-order valence-corrected chi connectivity index (χ0v) is 10.8. The first-order chi connectivity index (χ1) is 6.43. The molecule has 0 atom stereocenters. The van der Waals surface area contributed by atoms with Crippen LogP contribution >= 0.6 is 24.0 Å². The number of thiocarbonyl (C=S) groups is 1. The molecule has 3 nitrogen and oxygen atoms in total. The van der Waals surface area contributed by atoms with Gasteiger partial charge in [0, 0.05) is 26.8 Å². The Morgan fingerprint density at radius 1 is 1.43 bits per heavy atom. The average molecular weight is 229 g/mol. The van der Waals surface area contributed by atoms with Crippen molar-refractivity contribution in [3.05, 3.63) is 11.4 Å². The van der Waals surface area contributed by atoms with Gasteiger partial charge in [-0.3, -0.25) is 4.68 Å². The molecule has 0 N–H and O–H groups in total. The van der Waals surface area contributed by atoms with Gasteiger partial charge in [0.25, 0.3) is 0 Å². The Hall–Kier alpha value is -0.550. The number of thioether (sulfide) groups is 1. The smallest absolute Gasteiger partial charge is 0.140 e. The van der Waals surface area contributed by atoms with Crippen LogP contribution in [0.2, 0.25) is 0 Å². The summed E-state index contributed by atoms with van der Waals surface area (Å²) in [5.41, 5.74) is 2.20. The largest absolute Gasteiger partial charge is 0.363 e. The van der Waals surface area contributed by atoms with E-state index in [0.29, 0.717) is 0 Å². The van der Waals surface area contributed by atoms with Crippen LogP contribution in [0.4, 0.5) is 0 Å². The normalized spacial score (nSPS) is 10.4. The minimum absolute atomic E-state index is 0.865. The van der Waals surface area contributed by atoms with Crippen LogP contribution < -0.4 is 0 Å². The first kappa shape index (κ1) is 11.5. The molecular weight excluding hydrogens is 214 g/mol. The van der Waals surface area contributed by atoms with Crippen molar-refractivity contribution in [2.45, 2.75) is 18.7 Å². The van der Waals surface area contributed by atoms with Gasteiger partial charge in [-0.05, 0) is 13.8 Å². The molecule has 0 spiro atoms. The van der Waals surface area contributed by atoms with Crippen LogP contribution in [0, 0.1) is 13.8 Å². The maximum absolute atomic E-state index is 5.24. The number of aryl methyl sites for hydroxylation is 2. The molecule has 14 heavy (non-hydrogen) atoms. The van der Waals surface area contributed by atoms with Gasteiger partial charge in [0.15, 0.2) is 0 Å². The summed E-state index contributed by atoms with van der Waals surface area (Å²) in [4.78, 5) is 3.11. The second kappa shape index (κ2) is 4.31. The van der Waals surface area contributed by atoms with Crippen molar-refractivity contribution >= 4 is 28.3 Å². The second-order valence-corrected chi connectivity index (χ2v) is 5.03. The lowest BCUT2D eigenvalue weighted by atomic mass is 10.4. The van der Waals surface area contributed by atoms with E-state index in [1.165, 1.54) is 4.90 Å². The number of aromatic nitrogens is 2. The van der Waals surface area contributed by atoms with Crippen LogP contribution in [0.1, 0.15) is 11.4 Å². The van der Waals surface area contributed by atoms with E-state index in [4.69, 9.17) is 12.2 Å². The third-order valence-electron chi connectivity index (χ3n) is 2.00. The summed E-state index contributed by atoms with van der Waals surface area (Å²) in [5.74, 6) is 0. The second-order valence-electron chi connectivity index (χ2n) is 3.39. The summed E-state index contributed by atoms with van der Waals surface area (Å²) in [5, 5.41) is 4.34. The van der Waals surface area contributed by atoms with Gasteiger partial charge < -0.3 is 4.90 Å². The van der Waals surface area contributed by atoms with Gasteiger partial charge in [-0.15, -0.1) is 0 Å².